The van der Waals surface area contributed by atoms with Crippen LogP contribution in [0.4, 0.5) is 24.5 Å². The van der Waals surface area contributed by atoms with Gasteiger partial charge in [0, 0.05) is 11.6 Å². The van der Waals surface area contributed by atoms with E-state index in [1.807, 2.05) is 12.1 Å². The van der Waals surface area contributed by atoms with Gasteiger partial charge >= 0.3 is 6.18 Å². The van der Waals surface area contributed by atoms with Crippen LogP contribution in [-0.2, 0) is 6.18 Å². The van der Waals surface area contributed by atoms with Crippen molar-refractivity contribution in [2.45, 2.75) is 6.18 Å². The molecule has 3 aromatic rings. The molecule has 3 rings (SSSR count). The van der Waals surface area contributed by atoms with Crippen molar-refractivity contribution >= 4 is 28.4 Å². The summed E-state index contributed by atoms with van der Waals surface area (Å²) in [4.78, 5) is 10.1. The third-order valence-corrected chi connectivity index (χ3v) is 3.85. The highest BCUT2D eigenvalue weighted by atomic mass is 19.4. The molecule has 3 aromatic carbocycles. The fraction of sp³-hybridized carbons (Fsp3) is 0.0556. The van der Waals surface area contributed by atoms with E-state index in [1.54, 1.807) is 18.2 Å². The molecule has 9 heteroatoms. The molecule has 0 amide bonds. The Kier molecular flexibility index (Phi) is 4.68. The minimum atomic E-state index is -4.69. The van der Waals surface area contributed by atoms with E-state index in [0.717, 1.165) is 17.5 Å². The van der Waals surface area contributed by atoms with Crippen LogP contribution in [0.5, 0.6) is 5.75 Å². The molecule has 0 saturated heterocycles. The molecule has 0 aliphatic carbocycles. The third-order valence-electron chi connectivity index (χ3n) is 3.85. The SMILES string of the molecule is O=[N+]([O-])c1cc(C(F)(F)F)ccc1N/N=C/c1c(O)ccc2ccccc12. The summed E-state index contributed by atoms with van der Waals surface area (Å²) in [6.45, 7) is 0. The Morgan fingerprint density at radius 3 is 2.56 bits per heavy atom. The van der Waals surface area contributed by atoms with E-state index >= 15 is 0 Å². The molecule has 2 N–H and O–H groups in total. The van der Waals surface area contributed by atoms with Gasteiger partial charge in [0.15, 0.2) is 0 Å². The van der Waals surface area contributed by atoms with Gasteiger partial charge in [-0.3, -0.25) is 15.5 Å². The Hall–Kier alpha value is -3.62. The number of rotatable bonds is 4. The van der Waals surface area contributed by atoms with Gasteiger partial charge in [-0.15, -0.1) is 0 Å². The molecule has 138 valence electrons. The topological polar surface area (TPSA) is 87.8 Å². The lowest BCUT2D eigenvalue weighted by Crippen LogP contribution is -2.06. The zero-order chi connectivity index (χ0) is 19.6. The van der Waals surface area contributed by atoms with Gasteiger partial charge in [-0.2, -0.15) is 18.3 Å². The number of benzene rings is 3. The predicted molar refractivity (Wildman–Crippen MR) is 94.9 cm³/mol. The van der Waals surface area contributed by atoms with Crippen molar-refractivity contribution in [3.8, 4) is 5.75 Å². The molecule has 0 aliphatic rings. The number of hydrazone groups is 1. The minimum absolute atomic E-state index is 0.0545. The molecule has 0 saturated carbocycles. The van der Waals surface area contributed by atoms with Crippen LogP contribution >= 0.6 is 0 Å². The van der Waals surface area contributed by atoms with Gasteiger partial charge in [0.2, 0.25) is 0 Å². The normalized spacial score (nSPS) is 11.8. The Bertz CT molecular complexity index is 1050. The van der Waals surface area contributed by atoms with Crippen molar-refractivity contribution in [2.75, 3.05) is 5.43 Å². The number of nitrogens with one attached hydrogen (secondary N) is 1. The van der Waals surface area contributed by atoms with E-state index in [9.17, 15) is 28.4 Å². The Balaban J connectivity index is 1.93. The first-order chi connectivity index (χ1) is 12.8. The Morgan fingerprint density at radius 2 is 1.85 bits per heavy atom. The zero-order valence-electron chi connectivity index (χ0n) is 13.6. The third kappa shape index (κ3) is 3.81. The van der Waals surface area contributed by atoms with Gasteiger partial charge in [0.05, 0.1) is 16.7 Å². The number of aromatic hydroxyl groups is 1. The lowest BCUT2D eigenvalue weighted by molar-refractivity contribution is -0.384. The fourth-order valence-corrected chi connectivity index (χ4v) is 2.54. The summed E-state index contributed by atoms with van der Waals surface area (Å²) in [5, 5.41) is 26.5. The number of nitro benzene ring substituents is 1. The van der Waals surface area contributed by atoms with Crippen molar-refractivity contribution in [1.82, 2.24) is 0 Å². The summed E-state index contributed by atoms with van der Waals surface area (Å²) in [5.41, 5.74) is 0.640. The summed E-state index contributed by atoms with van der Waals surface area (Å²) >= 11 is 0. The van der Waals surface area contributed by atoms with Gasteiger partial charge in [-0.05, 0) is 29.0 Å². The quantitative estimate of drug-likeness (QED) is 0.385. The number of anilines is 1. The highest BCUT2D eigenvalue weighted by Gasteiger charge is 2.33. The predicted octanol–water partition coefficient (Wildman–Crippen LogP) is 4.92. The maximum atomic E-state index is 12.7. The Labute approximate surface area is 150 Å². The average Bonchev–Trinajstić information content (AvgIpc) is 2.62. The average molecular weight is 375 g/mol. The molecule has 27 heavy (non-hydrogen) atoms. The van der Waals surface area contributed by atoms with Gasteiger partial charge < -0.3 is 5.11 Å². The van der Waals surface area contributed by atoms with E-state index in [4.69, 9.17) is 0 Å². The maximum Gasteiger partial charge on any atom is 0.416 e. The summed E-state index contributed by atoms with van der Waals surface area (Å²) < 4.78 is 38.2. The number of halogens is 3. The molecule has 0 unspecified atom stereocenters. The van der Waals surface area contributed by atoms with Gasteiger partial charge in [0.25, 0.3) is 5.69 Å². The molecular formula is C18H12F3N3O3. The first-order valence-electron chi connectivity index (χ1n) is 7.63. The summed E-state index contributed by atoms with van der Waals surface area (Å²) in [6.07, 6.45) is -3.44. The summed E-state index contributed by atoms with van der Waals surface area (Å²) in [6, 6.07) is 12.5. The summed E-state index contributed by atoms with van der Waals surface area (Å²) in [7, 11) is 0. The largest absolute Gasteiger partial charge is 0.507 e. The van der Waals surface area contributed by atoms with Crippen LogP contribution in [0.3, 0.4) is 0 Å². The van der Waals surface area contributed by atoms with Crippen molar-refractivity contribution in [1.29, 1.82) is 0 Å². The number of hydrogen-bond acceptors (Lipinski definition) is 5. The zero-order valence-corrected chi connectivity index (χ0v) is 13.6. The number of hydrogen-bond donors (Lipinski definition) is 2. The molecule has 6 nitrogen and oxygen atoms in total. The van der Waals surface area contributed by atoms with Gasteiger partial charge in [0.1, 0.15) is 11.4 Å². The van der Waals surface area contributed by atoms with E-state index in [1.165, 1.54) is 12.3 Å². The number of phenolic OH excluding ortho intramolecular Hbond substituents is 1. The second-order valence-electron chi connectivity index (χ2n) is 5.58. The maximum absolute atomic E-state index is 12.7. The fourth-order valence-electron chi connectivity index (χ4n) is 2.54. The first kappa shape index (κ1) is 18.2. The number of alkyl halides is 3. The highest BCUT2D eigenvalue weighted by Crippen LogP contribution is 2.35. The van der Waals surface area contributed by atoms with E-state index in [2.05, 4.69) is 10.5 Å². The van der Waals surface area contributed by atoms with Crippen LogP contribution < -0.4 is 5.43 Å². The lowest BCUT2D eigenvalue weighted by Gasteiger charge is -2.08. The smallest absolute Gasteiger partial charge is 0.416 e. The molecule has 0 atom stereocenters. The second kappa shape index (κ2) is 6.94. The highest BCUT2D eigenvalue weighted by molar-refractivity contribution is 6.02. The molecule has 0 heterocycles. The molecule has 0 spiro atoms. The van der Waals surface area contributed by atoms with Crippen molar-refractivity contribution in [3.05, 3.63) is 75.8 Å². The molecule has 0 aromatic heterocycles. The van der Waals surface area contributed by atoms with Crippen LogP contribution in [0.1, 0.15) is 11.1 Å². The van der Waals surface area contributed by atoms with Crippen LogP contribution in [0, 0.1) is 10.1 Å². The standard InChI is InChI=1S/C18H12F3N3O3/c19-18(20,21)12-6-7-15(16(9-12)24(26)27)23-22-10-14-13-4-2-1-3-11(13)5-8-17(14)25/h1-10,23,25H/b22-10+. The van der Waals surface area contributed by atoms with E-state index < -0.39 is 22.4 Å². The number of fused-ring (bicyclic) bond motifs is 1. The first-order valence-corrected chi connectivity index (χ1v) is 7.63. The number of nitro groups is 1. The second-order valence-corrected chi connectivity index (χ2v) is 5.58. The van der Waals surface area contributed by atoms with Gasteiger partial charge in [-0.25, -0.2) is 0 Å². The van der Waals surface area contributed by atoms with Crippen LogP contribution in [0.15, 0.2) is 59.7 Å². The van der Waals surface area contributed by atoms with Crippen molar-refractivity contribution in [2.24, 2.45) is 5.10 Å². The van der Waals surface area contributed by atoms with Crippen LogP contribution in [0.25, 0.3) is 10.8 Å². The summed E-state index contributed by atoms with van der Waals surface area (Å²) in [5.74, 6) is -0.0545. The minimum Gasteiger partial charge on any atom is -0.507 e. The van der Waals surface area contributed by atoms with E-state index in [0.29, 0.717) is 17.0 Å². The molecular weight excluding hydrogens is 363 g/mol. The molecule has 0 bridgehead atoms. The monoisotopic (exact) mass is 375 g/mol. The number of phenols is 1. The Morgan fingerprint density at radius 1 is 1.11 bits per heavy atom. The van der Waals surface area contributed by atoms with E-state index in [-0.39, 0.29) is 11.4 Å². The van der Waals surface area contributed by atoms with Crippen molar-refractivity contribution in [3.63, 3.8) is 0 Å². The van der Waals surface area contributed by atoms with Crippen molar-refractivity contribution < 1.29 is 23.2 Å². The van der Waals surface area contributed by atoms with Crippen LogP contribution in [-0.4, -0.2) is 16.2 Å². The van der Waals surface area contributed by atoms with Gasteiger partial charge in [-0.1, -0.05) is 30.3 Å². The molecule has 0 radical (unpaired) electrons. The molecule has 0 aliphatic heterocycles. The lowest BCUT2D eigenvalue weighted by atomic mass is 10.0. The number of nitrogens with zero attached hydrogens (tertiary/aromatic N) is 2. The molecule has 0 fully saturated rings. The van der Waals surface area contributed by atoms with Crippen LogP contribution in [0.2, 0.25) is 0 Å².